The van der Waals surface area contributed by atoms with Gasteiger partial charge in [0, 0.05) is 12.0 Å². The van der Waals surface area contributed by atoms with Gasteiger partial charge in [-0.3, -0.25) is 8.98 Å². The molecule has 22 heavy (non-hydrogen) atoms. The number of ether oxygens (including phenoxy) is 2. The lowest BCUT2D eigenvalue weighted by atomic mass is 9.67. The Hall–Kier alpha value is -1.41. The normalized spacial score (nSPS) is 37.5. The number of rotatable bonds is 5. The van der Waals surface area contributed by atoms with Crippen LogP contribution in [0.1, 0.15) is 25.7 Å². The Bertz CT molecular complexity index is 596. The molecule has 0 spiro atoms. The van der Waals surface area contributed by atoms with E-state index < -0.39 is 39.5 Å². The summed E-state index contributed by atoms with van der Waals surface area (Å²) in [4.78, 5) is 22.7. The van der Waals surface area contributed by atoms with Crippen LogP contribution >= 0.6 is 0 Å². The van der Waals surface area contributed by atoms with Gasteiger partial charge in [0.15, 0.2) is 0 Å². The van der Waals surface area contributed by atoms with Crippen LogP contribution in [0.5, 0.6) is 0 Å². The lowest BCUT2D eigenvalue weighted by Gasteiger charge is -2.43. The zero-order valence-electron chi connectivity index (χ0n) is 12.0. The van der Waals surface area contributed by atoms with E-state index in [1.54, 1.807) is 0 Å². The molecule has 4 fully saturated rings. The molecule has 5 atom stereocenters. The van der Waals surface area contributed by atoms with Crippen molar-refractivity contribution in [2.45, 2.75) is 43.1 Å². The van der Waals surface area contributed by atoms with E-state index in [0.717, 1.165) is 18.9 Å². The van der Waals surface area contributed by atoms with Gasteiger partial charge in [-0.1, -0.05) is 6.58 Å². The standard InChI is InChI=1S/C14H18O7S/c1-2-11(15)19-6-5-12(16)20-13-8-3-4-9-10(7-8)22(17,18)21-14(9)13/h2,8-10,13-14H,1,3-7H2. The van der Waals surface area contributed by atoms with Crippen molar-refractivity contribution in [1.82, 2.24) is 0 Å². The van der Waals surface area contributed by atoms with Crippen LogP contribution in [0.25, 0.3) is 0 Å². The predicted octanol–water partition coefficient (Wildman–Crippen LogP) is 0.545. The Morgan fingerprint density at radius 2 is 2.09 bits per heavy atom. The Kier molecular flexibility index (Phi) is 3.98. The minimum absolute atomic E-state index is 0.0250. The topological polar surface area (TPSA) is 96.0 Å². The second kappa shape index (κ2) is 5.66. The molecule has 4 rings (SSSR count). The van der Waals surface area contributed by atoms with Gasteiger partial charge in [-0.25, -0.2) is 4.79 Å². The summed E-state index contributed by atoms with van der Waals surface area (Å²) in [6, 6.07) is 0. The average molecular weight is 330 g/mol. The molecule has 3 aliphatic carbocycles. The highest BCUT2D eigenvalue weighted by atomic mass is 32.2. The van der Waals surface area contributed by atoms with Crippen molar-refractivity contribution in [2.75, 3.05) is 6.61 Å². The molecule has 5 unspecified atom stereocenters. The third-order valence-electron chi connectivity index (χ3n) is 4.69. The molecule has 122 valence electrons. The smallest absolute Gasteiger partial charge is 0.330 e. The summed E-state index contributed by atoms with van der Waals surface area (Å²) in [5.74, 6) is -1.17. The van der Waals surface area contributed by atoms with Gasteiger partial charge in [0.05, 0.1) is 11.7 Å². The lowest BCUT2D eigenvalue weighted by Crippen LogP contribution is -2.51. The molecule has 0 aromatic rings. The molecule has 0 aromatic heterocycles. The fourth-order valence-electron chi connectivity index (χ4n) is 3.72. The highest BCUT2D eigenvalue weighted by molar-refractivity contribution is 7.87. The summed E-state index contributed by atoms with van der Waals surface area (Å²) in [7, 11) is -3.53. The van der Waals surface area contributed by atoms with E-state index in [0.29, 0.717) is 6.42 Å². The molecular formula is C14H18O7S. The highest BCUT2D eigenvalue weighted by Crippen LogP contribution is 2.52. The van der Waals surface area contributed by atoms with Crippen LogP contribution in [0.4, 0.5) is 0 Å². The molecule has 3 saturated carbocycles. The van der Waals surface area contributed by atoms with Crippen LogP contribution in [0.15, 0.2) is 12.7 Å². The van der Waals surface area contributed by atoms with Gasteiger partial charge in [0.25, 0.3) is 10.1 Å². The molecule has 8 heteroatoms. The number of carbonyl (C=O) groups is 2. The number of fused-ring (bicyclic) bond motifs is 1. The van der Waals surface area contributed by atoms with Crippen molar-refractivity contribution in [3.8, 4) is 0 Å². The second-order valence-corrected chi connectivity index (χ2v) is 7.69. The maximum absolute atomic E-state index is 11.9. The van der Waals surface area contributed by atoms with Gasteiger partial charge in [-0.05, 0) is 25.2 Å². The number of hydrogen-bond acceptors (Lipinski definition) is 7. The Morgan fingerprint density at radius 3 is 2.82 bits per heavy atom. The van der Waals surface area contributed by atoms with Gasteiger partial charge in [-0.15, -0.1) is 0 Å². The third-order valence-corrected chi connectivity index (χ3v) is 6.47. The first-order chi connectivity index (χ1) is 10.4. The molecule has 0 amide bonds. The average Bonchev–Trinajstić information content (AvgIpc) is 2.71. The largest absolute Gasteiger partial charge is 0.462 e. The predicted molar refractivity (Wildman–Crippen MR) is 74.1 cm³/mol. The summed E-state index contributed by atoms with van der Waals surface area (Å²) in [5.41, 5.74) is 0. The summed E-state index contributed by atoms with van der Waals surface area (Å²) in [6.07, 6.45) is 2.01. The number of hydrogen-bond donors (Lipinski definition) is 0. The Balaban J connectivity index is 1.58. The van der Waals surface area contributed by atoms with Crippen LogP contribution in [-0.4, -0.2) is 44.4 Å². The molecule has 4 aliphatic rings. The minimum atomic E-state index is -3.53. The summed E-state index contributed by atoms with van der Waals surface area (Å²) < 4.78 is 39.1. The summed E-state index contributed by atoms with van der Waals surface area (Å²) >= 11 is 0. The number of esters is 2. The van der Waals surface area contributed by atoms with E-state index in [2.05, 4.69) is 6.58 Å². The SMILES string of the molecule is C=CC(=O)OCCC(=O)OC1C2CCC3C1OS(=O)(=O)C3C2. The van der Waals surface area contributed by atoms with Crippen molar-refractivity contribution < 1.29 is 31.7 Å². The molecule has 0 aromatic carbocycles. The van der Waals surface area contributed by atoms with Gasteiger partial charge in [0.2, 0.25) is 0 Å². The highest BCUT2D eigenvalue weighted by Gasteiger charge is 2.61. The van der Waals surface area contributed by atoms with Gasteiger partial charge in [-0.2, -0.15) is 8.42 Å². The fourth-order valence-corrected chi connectivity index (χ4v) is 5.63. The van der Waals surface area contributed by atoms with Gasteiger partial charge < -0.3 is 9.47 Å². The molecule has 1 saturated heterocycles. The summed E-state index contributed by atoms with van der Waals surface area (Å²) in [5, 5.41) is -0.445. The molecule has 4 bridgehead atoms. The van der Waals surface area contributed by atoms with Crippen LogP contribution < -0.4 is 0 Å². The first-order valence-electron chi connectivity index (χ1n) is 7.33. The Morgan fingerprint density at radius 1 is 1.32 bits per heavy atom. The van der Waals surface area contributed by atoms with Crippen LogP contribution in [0, 0.1) is 11.8 Å². The van der Waals surface area contributed by atoms with E-state index in [4.69, 9.17) is 13.7 Å². The van der Waals surface area contributed by atoms with Crippen LogP contribution in [0.3, 0.4) is 0 Å². The molecule has 1 aliphatic heterocycles. The Labute approximate surface area is 128 Å². The van der Waals surface area contributed by atoms with E-state index in [9.17, 15) is 18.0 Å². The van der Waals surface area contributed by atoms with Gasteiger partial charge in [0.1, 0.15) is 18.8 Å². The molecular weight excluding hydrogens is 312 g/mol. The fraction of sp³-hybridized carbons (Fsp3) is 0.714. The van der Waals surface area contributed by atoms with Crippen molar-refractivity contribution in [3.05, 3.63) is 12.7 Å². The summed E-state index contributed by atoms with van der Waals surface area (Å²) in [6.45, 7) is 3.17. The monoisotopic (exact) mass is 330 g/mol. The van der Waals surface area contributed by atoms with Gasteiger partial charge >= 0.3 is 11.9 Å². The van der Waals surface area contributed by atoms with Crippen molar-refractivity contribution in [3.63, 3.8) is 0 Å². The van der Waals surface area contributed by atoms with Crippen LogP contribution in [0.2, 0.25) is 0 Å². The van der Waals surface area contributed by atoms with Crippen molar-refractivity contribution >= 4 is 22.1 Å². The first kappa shape index (κ1) is 15.5. The zero-order chi connectivity index (χ0) is 15.9. The van der Waals surface area contributed by atoms with Crippen molar-refractivity contribution in [1.29, 1.82) is 0 Å². The maximum Gasteiger partial charge on any atom is 0.330 e. The van der Waals surface area contributed by atoms with E-state index in [1.165, 1.54) is 0 Å². The van der Waals surface area contributed by atoms with Crippen molar-refractivity contribution in [2.24, 2.45) is 11.8 Å². The minimum Gasteiger partial charge on any atom is -0.462 e. The van der Waals surface area contributed by atoms with E-state index in [1.807, 2.05) is 0 Å². The molecule has 0 N–H and O–H groups in total. The lowest BCUT2D eigenvalue weighted by molar-refractivity contribution is -0.168. The number of carbonyl (C=O) groups excluding carboxylic acids is 2. The van der Waals surface area contributed by atoms with E-state index >= 15 is 0 Å². The quantitative estimate of drug-likeness (QED) is 0.412. The van der Waals surface area contributed by atoms with E-state index in [-0.39, 0.29) is 24.9 Å². The third kappa shape index (κ3) is 2.65. The maximum atomic E-state index is 11.9. The first-order valence-corrected chi connectivity index (χ1v) is 8.80. The zero-order valence-corrected chi connectivity index (χ0v) is 12.8. The molecule has 7 nitrogen and oxygen atoms in total. The second-order valence-electron chi connectivity index (χ2n) is 5.91. The molecule has 0 radical (unpaired) electrons. The molecule has 1 heterocycles. The van der Waals surface area contributed by atoms with Crippen LogP contribution in [-0.2, 0) is 33.4 Å².